The molecule has 0 aromatic rings. The van der Waals surface area contributed by atoms with E-state index in [2.05, 4.69) is 49.3 Å². The SMILES string of the molecule is C=C(CNCCC)CN1CCSC(C)C1C. The van der Waals surface area contributed by atoms with Crippen LogP contribution in [0, 0.1) is 0 Å². The molecule has 0 spiro atoms. The maximum Gasteiger partial charge on any atom is 0.0206 e. The van der Waals surface area contributed by atoms with Crippen LogP contribution < -0.4 is 5.32 Å². The number of rotatable bonds is 6. The maximum absolute atomic E-state index is 4.17. The standard InChI is InChI=1S/C13H26N2S/c1-5-6-14-9-11(2)10-15-7-8-16-13(4)12(15)3/h12-14H,2,5-10H2,1,3-4H3. The van der Waals surface area contributed by atoms with Crippen molar-refractivity contribution in [2.75, 3.05) is 31.9 Å². The molecule has 0 saturated carbocycles. The van der Waals surface area contributed by atoms with Crippen molar-refractivity contribution >= 4 is 11.8 Å². The molecule has 1 aliphatic rings. The van der Waals surface area contributed by atoms with Crippen molar-refractivity contribution < 1.29 is 0 Å². The Morgan fingerprint density at radius 1 is 1.50 bits per heavy atom. The maximum atomic E-state index is 4.17. The lowest BCUT2D eigenvalue weighted by Gasteiger charge is -2.37. The summed E-state index contributed by atoms with van der Waals surface area (Å²) in [5.74, 6) is 1.27. The summed E-state index contributed by atoms with van der Waals surface area (Å²) in [6.07, 6.45) is 1.20. The van der Waals surface area contributed by atoms with Gasteiger partial charge >= 0.3 is 0 Å². The molecule has 2 nitrogen and oxygen atoms in total. The van der Waals surface area contributed by atoms with Crippen LogP contribution in [0.4, 0.5) is 0 Å². The fourth-order valence-corrected chi connectivity index (χ4v) is 3.17. The zero-order chi connectivity index (χ0) is 12.0. The lowest BCUT2D eigenvalue weighted by atomic mass is 10.1. The Morgan fingerprint density at radius 3 is 2.94 bits per heavy atom. The third-order valence-corrected chi connectivity index (χ3v) is 4.58. The predicted octanol–water partition coefficient (Wildman–Crippen LogP) is 2.37. The molecule has 2 unspecified atom stereocenters. The van der Waals surface area contributed by atoms with Gasteiger partial charge in [-0.2, -0.15) is 11.8 Å². The molecule has 0 bridgehead atoms. The smallest absolute Gasteiger partial charge is 0.0206 e. The summed E-state index contributed by atoms with van der Waals surface area (Å²) in [6.45, 7) is 15.4. The van der Waals surface area contributed by atoms with Gasteiger partial charge in [0.05, 0.1) is 0 Å². The highest BCUT2D eigenvalue weighted by molar-refractivity contribution is 8.00. The first kappa shape index (κ1) is 14.1. The van der Waals surface area contributed by atoms with Crippen LogP contribution >= 0.6 is 11.8 Å². The monoisotopic (exact) mass is 242 g/mol. The van der Waals surface area contributed by atoms with Crippen molar-refractivity contribution in [1.29, 1.82) is 0 Å². The van der Waals surface area contributed by atoms with E-state index in [1.807, 2.05) is 0 Å². The van der Waals surface area contributed by atoms with Gasteiger partial charge in [-0.05, 0) is 25.5 Å². The van der Waals surface area contributed by atoms with Crippen molar-refractivity contribution in [2.24, 2.45) is 0 Å². The largest absolute Gasteiger partial charge is 0.313 e. The van der Waals surface area contributed by atoms with Crippen LogP contribution in [0.25, 0.3) is 0 Å². The lowest BCUT2D eigenvalue weighted by Crippen LogP contribution is -2.45. The first-order chi connectivity index (χ1) is 7.65. The van der Waals surface area contributed by atoms with Gasteiger partial charge in [0, 0.05) is 36.7 Å². The second-order valence-electron chi connectivity index (χ2n) is 4.71. The third-order valence-electron chi connectivity index (χ3n) is 3.24. The van der Waals surface area contributed by atoms with E-state index < -0.39 is 0 Å². The quantitative estimate of drug-likeness (QED) is 0.569. The minimum Gasteiger partial charge on any atom is -0.313 e. The number of thioether (sulfide) groups is 1. The first-order valence-corrected chi connectivity index (χ1v) is 7.43. The first-order valence-electron chi connectivity index (χ1n) is 6.38. The van der Waals surface area contributed by atoms with E-state index in [1.165, 1.54) is 24.3 Å². The zero-order valence-corrected chi connectivity index (χ0v) is 11.8. The van der Waals surface area contributed by atoms with Crippen LogP contribution in [0.1, 0.15) is 27.2 Å². The topological polar surface area (TPSA) is 15.3 Å². The summed E-state index contributed by atoms with van der Waals surface area (Å²) < 4.78 is 0. The fourth-order valence-electron chi connectivity index (χ4n) is 2.00. The van der Waals surface area contributed by atoms with E-state index >= 15 is 0 Å². The molecule has 1 saturated heterocycles. The van der Waals surface area contributed by atoms with Gasteiger partial charge in [0.2, 0.25) is 0 Å². The molecule has 0 aliphatic carbocycles. The summed E-state index contributed by atoms with van der Waals surface area (Å²) in [6, 6.07) is 0.682. The van der Waals surface area contributed by atoms with Crippen LogP contribution in [0.15, 0.2) is 12.2 Å². The summed E-state index contributed by atoms with van der Waals surface area (Å²) in [5.41, 5.74) is 1.32. The van der Waals surface area contributed by atoms with E-state index in [0.717, 1.165) is 24.9 Å². The van der Waals surface area contributed by atoms with E-state index in [9.17, 15) is 0 Å². The molecular weight excluding hydrogens is 216 g/mol. The van der Waals surface area contributed by atoms with Gasteiger partial charge in [-0.25, -0.2) is 0 Å². The molecule has 0 radical (unpaired) electrons. The molecule has 0 aromatic heterocycles. The van der Waals surface area contributed by atoms with E-state index in [4.69, 9.17) is 0 Å². The predicted molar refractivity (Wildman–Crippen MR) is 75.3 cm³/mol. The van der Waals surface area contributed by atoms with Crippen molar-refractivity contribution in [3.05, 3.63) is 12.2 Å². The van der Waals surface area contributed by atoms with Crippen molar-refractivity contribution in [3.8, 4) is 0 Å². The van der Waals surface area contributed by atoms with Gasteiger partial charge in [0.25, 0.3) is 0 Å². The summed E-state index contributed by atoms with van der Waals surface area (Å²) in [4.78, 5) is 2.57. The molecule has 16 heavy (non-hydrogen) atoms. The molecule has 2 atom stereocenters. The Labute approximate surface area is 105 Å². The molecule has 1 heterocycles. The molecule has 3 heteroatoms. The van der Waals surface area contributed by atoms with Crippen molar-refractivity contribution in [3.63, 3.8) is 0 Å². The highest BCUT2D eigenvalue weighted by atomic mass is 32.2. The average Bonchev–Trinajstić information content (AvgIpc) is 2.25. The highest BCUT2D eigenvalue weighted by Gasteiger charge is 2.24. The highest BCUT2D eigenvalue weighted by Crippen LogP contribution is 2.24. The van der Waals surface area contributed by atoms with Crippen LogP contribution in [-0.4, -0.2) is 48.1 Å². The molecule has 1 rings (SSSR count). The van der Waals surface area contributed by atoms with E-state index in [0.29, 0.717) is 6.04 Å². The molecule has 0 aromatic carbocycles. The molecule has 94 valence electrons. The van der Waals surface area contributed by atoms with Crippen LogP contribution in [-0.2, 0) is 0 Å². The fraction of sp³-hybridized carbons (Fsp3) is 0.846. The molecule has 1 fully saturated rings. The Balaban J connectivity index is 2.26. The summed E-state index contributed by atoms with van der Waals surface area (Å²) in [5, 5.41) is 4.17. The Bertz CT molecular complexity index is 218. The molecule has 0 amide bonds. The molecular formula is C13H26N2S. The summed E-state index contributed by atoms with van der Waals surface area (Å²) in [7, 11) is 0. The zero-order valence-electron chi connectivity index (χ0n) is 11.0. The second kappa shape index (κ2) is 7.36. The van der Waals surface area contributed by atoms with Crippen LogP contribution in [0.5, 0.6) is 0 Å². The van der Waals surface area contributed by atoms with Gasteiger partial charge in [-0.3, -0.25) is 4.90 Å². The molecule has 1 N–H and O–H groups in total. The lowest BCUT2D eigenvalue weighted by molar-refractivity contribution is 0.230. The minimum atomic E-state index is 0.682. The molecule has 1 aliphatic heterocycles. The van der Waals surface area contributed by atoms with Crippen LogP contribution in [0.3, 0.4) is 0 Å². The number of hydrogen-bond donors (Lipinski definition) is 1. The van der Waals surface area contributed by atoms with Gasteiger partial charge in [0.1, 0.15) is 0 Å². The summed E-state index contributed by atoms with van der Waals surface area (Å²) >= 11 is 2.09. The Kier molecular flexibility index (Phi) is 6.47. The Hall–Kier alpha value is 0.0100. The average molecular weight is 242 g/mol. The van der Waals surface area contributed by atoms with Crippen LogP contribution in [0.2, 0.25) is 0 Å². The van der Waals surface area contributed by atoms with Gasteiger partial charge < -0.3 is 5.32 Å². The minimum absolute atomic E-state index is 0.682. The van der Waals surface area contributed by atoms with E-state index in [1.54, 1.807) is 0 Å². The van der Waals surface area contributed by atoms with Crippen molar-refractivity contribution in [2.45, 2.75) is 38.5 Å². The number of nitrogens with zero attached hydrogens (tertiary/aromatic N) is 1. The number of nitrogens with one attached hydrogen (secondary N) is 1. The normalized spacial score (nSPS) is 26.9. The van der Waals surface area contributed by atoms with Crippen molar-refractivity contribution in [1.82, 2.24) is 10.2 Å². The van der Waals surface area contributed by atoms with Gasteiger partial charge in [0.15, 0.2) is 0 Å². The Morgan fingerprint density at radius 2 is 2.25 bits per heavy atom. The number of hydrogen-bond acceptors (Lipinski definition) is 3. The van der Waals surface area contributed by atoms with E-state index in [-0.39, 0.29) is 0 Å². The second-order valence-corrected chi connectivity index (χ2v) is 6.20. The van der Waals surface area contributed by atoms with Gasteiger partial charge in [-0.1, -0.05) is 20.4 Å². The third kappa shape index (κ3) is 4.48. The van der Waals surface area contributed by atoms with Gasteiger partial charge in [-0.15, -0.1) is 0 Å².